The highest BCUT2D eigenvalue weighted by Gasteiger charge is 2.06. The average Bonchev–Trinajstić information content (AvgIpc) is 3.16. The first-order chi connectivity index (χ1) is 13.2. The van der Waals surface area contributed by atoms with Crippen LogP contribution in [0.25, 0.3) is 34.5 Å². The summed E-state index contributed by atoms with van der Waals surface area (Å²) >= 11 is 6.35. The number of aryl methyl sites for hydroxylation is 1. The monoisotopic (exact) mass is 370 g/mol. The van der Waals surface area contributed by atoms with E-state index >= 15 is 0 Å². The van der Waals surface area contributed by atoms with Crippen LogP contribution < -0.4 is 0 Å². The predicted molar refractivity (Wildman–Crippen MR) is 115 cm³/mol. The van der Waals surface area contributed by atoms with Crippen molar-refractivity contribution in [3.05, 3.63) is 101 Å². The summed E-state index contributed by atoms with van der Waals surface area (Å²) in [5.74, 6) is 0.800. The minimum atomic E-state index is 0.727. The van der Waals surface area contributed by atoms with Crippen molar-refractivity contribution in [3.63, 3.8) is 0 Å². The zero-order chi connectivity index (χ0) is 18.6. The summed E-state index contributed by atoms with van der Waals surface area (Å²) < 4.78 is 0. The van der Waals surface area contributed by atoms with E-state index < -0.39 is 0 Å². The lowest BCUT2D eigenvalue weighted by molar-refractivity contribution is 1.27. The molecule has 0 bridgehead atoms. The van der Waals surface area contributed by atoms with E-state index in [1.807, 2.05) is 49.5 Å². The topological polar surface area (TPSA) is 28.7 Å². The zero-order valence-corrected chi connectivity index (χ0v) is 15.7. The van der Waals surface area contributed by atoms with Gasteiger partial charge in [0.25, 0.3) is 0 Å². The highest BCUT2D eigenvalue weighted by Crippen LogP contribution is 2.27. The third-order valence-corrected chi connectivity index (χ3v) is 4.77. The van der Waals surface area contributed by atoms with E-state index in [1.54, 1.807) is 0 Å². The van der Waals surface area contributed by atoms with E-state index in [0.717, 1.165) is 33.2 Å². The van der Waals surface area contributed by atoms with Gasteiger partial charge in [0.1, 0.15) is 5.82 Å². The number of hydrogen-bond donors (Lipinski definition) is 1. The normalized spacial score (nSPS) is 11.2. The Hall–Kier alpha value is -3.10. The summed E-state index contributed by atoms with van der Waals surface area (Å²) in [5, 5.41) is 0.727. The Kier molecular flexibility index (Phi) is 4.91. The second-order valence-electron chi connectivity index (χ2n) is 6.49. The van der Waals surface area contributed by atoms with E-state index in [4.69, 9.17) is 11.6 Å². The summed E-state index contributed by atoms with van der Waals surface area (Å²) in [5.41, 5.74) is 6.57. The third kappa shape index (κ3) is 4.02. The van der Waals surface area contributed by atoms with Crippen LogP contribution >= 0.6 is 11.6 Å². The van der Waals surface area contributed by atoms with Gasteiger partial charge in [0.05, 0.1) is 16.9 Å². The molecule has 0 unspecified atom stereocenters. The van der Waals surface area contributed by atoms with Gasteiger partial charge in [-0.2, -0.15) is 0 Å². The Labute approximate surface area is 164 Å². The second-order valence-corrected chi connectivity index (χ2v) is 6.89. The Bertz CT molecular complexity index is 1080. The van der Waals surface area contributed by atoms with Crippen molar-refractivity contribution < 1.29 is 0 Å². The molecular weight excluding hydrogens is 352 g/mol. The van der Waals surface area contributed by atoms with Crippen LogP contribution in [0, 0.1) is 6.92 Å². The number of aromatic amines is 1. The Balaban J connectivity index is 1.51. The molecule has 0 spiro atoms. The molecule has 0 aliphatic carbocycles. The number of imidazole rings is 1. The molecule has 1 aromatic heterocycles. The Morgan fingerprint density at radius 2 is 1.59 bits per heavy atom. The first-order valence-electron chi connectivity index (χ1n) is 8.84. The number of halogens is 1. The van der Waals surface area contributed by atoms with Gasteiger partial charge in [-0.1, -0.05) is 84.4 Å². The third-order valence-electron chi connectivity index (χ3n) is 4.46. The van der Waals surface area contributed by atoms with Gasteiger partial charge in [-0.3, -0.25) is 0 Å². The molecule has 4 rings (SSSR count). The van der Waals surface area contributed by atoms with Gasteiger partial charge in [0, 0.05) is 5.56 Å². The lowest BCUT2D eigenvalue weighted by atomic mass is 10.0. The van der Waals surface area contributed by atoms with Crippen molar-refractivity contribution in [1.29, 1.82) is 0 Å². The van der Waals surface area contributed by atoms with Gasteiger partial charge in [-0.15, -0.1) is 0 Å². The summed E-state index contributed by atoms with van der Waals surface area (Å²) in [4.78, 5) is 7.75. The van der Waals surface area contributed by atoms with Gasteiger partial charge in [0.2, 0.25) is 0 Å². The van der Waals surface area contributed by atoms with Crippen LogP contribution in [0.5, 0.6) is 0 Å². The molecule has 0 amide bonds. The molecule has 3 heteroatoms. The highest BCUT2D eigenvalue weighted by molar-refractivity contribution is 6.33. The van der Waals surface area contributed by atoms with Crippen molar-refractivity contribution in [2.24, 2.45) is 0 Å². The van der Waals surface area contributed by atoms with Crippen LogP contribution in [0.1, 0.15) is 17.0 Å². The van der Waals surface area contributed by atoms with Crippen LogP contribution in [-0.2, 0) is 0 Å². The molecule has 0 fully saturated rings. The smallest absolute Gasteiger partial charge is 0.130 e. The molecule has 0 aliphatic rings. The standard InChI is InChI=1S/C24H19ClN2/c1-17-7-13-21(22(25)15-17)23-16-26-24(27-23)14-10-18-8-11-20(12-9-18)19-5-3-2-4-6-19/h2-16H,1H3,(H,26,27)/b14-10+. The van der Waals surface area contributed by atoms with E-state index in [0.29, 0.717) is 0 Å². The molecule has 0 saturated carbocycles. The second kappa shape index (κ2) is 7.65. The van der Waals surface area contributed by atoms with Crippen molar-refractivity contribution in [2.75, 3.05) is 0 Å². The molecule has 27 heavy (non-hydrogen) atoms. The molecule has 2 nitrogen and oxygen atoms in total. The first-order valence-corrected chi connectivity index (χ1v) is 9.22. The van der Waals surface area contributed by atoms with Crippen molar-refractivity contribution in [3.8, 4) is 22.4 Å². The molecule has 0 atom stereocenters. The highest BCUT2D eigenvalue weighted by atomic mass is 35.5. The van der Waals surface area contributed by atoms with E-state index in [2.05, 4.69) is 58.5 Å². The predicted octanol–water partition coefficient (Wildman–Crippen LogP) is 6.88. The average molecular weight is 371 g/mol. The van der Waals surface area contributed by atoms with E-state index in [-0.39, 0.29) is 0 Å². The molecule has 132 valence electrons. The molecule has 1 heterocycles. The lowest BCUT2D eigenvalue weighted by Gasteiger charge is -2.02. The van der Waals surface area contributed by atoms with Crippen molar-refractivity contribution >= 4 is 23.8 Å². The van der Waals surface area contributed by atoms with Gasteiger partial charge in [0.15, 0.2) is 0 Å². The Morgan fingerprint density at radius 3 is 2.33 bits per heavy atom. The molecule has 3 aromatic carbocycles. The quantitative estimate of drug-likeness (QED) is 0.417. The van der Waals surface area contributed by atoms with E-state index in [1.165, 1.54) is 11.1 Å². The van der Waals surface area contributed by atoms with Gasteiger partial charge in [-0.25, -0.2) is 4.98 Å². The maximum absolute atomic E-state index is 6.35. The van der Waals surface area contributed by atoms with Crippen LogP contribution in [0.3, 0.4) is 0 Å². The fourth-order valence-electron chi connectivity index (χ4n) is 2.99. The number of rotatable bonds is 4. The SMILES string of the molecule is Cc1ccc(-c2cnc(/C=C/c3ccc(-c4ccccc4)cc3)[nH]2)c(Cl)c1. The number of aromatic nitrogens is 2. The van der Waals surface area contributed by atoms with Crippen molar-refractivity contribution in [2.45, 2.75) is 6.92 Å². The maximum atomic E-state index is 6.35. The van der Waals surface area contributed by atoms with Crippen LogP contribution in [0.2, 0.25) is 5.02 Å². The minimum absolute atomic E-state index is 0.727. The minimum Gasteiger partial charge on any atom is -0.338 e. The van der Waals surface area contributed by atoms with E-state index in [9.17, 15) is 0 Å². The Morgan fingerprint density at radius 1 is 0.852 bits per heavy atom. The summed E-state index contributed by atoms with van der Waals surface area (Å²) in [7, 11) is 0. The molecular formula is C24H19ClN2. The first kappa shape index (κ1) is 17.3. The van der Waals surface area contributed by atoms with Gasteiger partial charge < -0.3 is 4.98 Å². The molecule has 0 aliphatic heterocycles. The number of H-pyrrole nitrogens is 1. The molecule has 1 N–H and O–H groups in total. The fourth-order valence-corrected chi connectivity index (χ4v) is 3.33. The molecule has 0 radical (unpaired) electrons. The number of nitrogens with zero attached hydrogens (tertiary/aromatic N) is 1. The van der Waals surface area contributed by atoms with Crippen LogP contribution in [0.15, 0.2) is 79.0 Å². The van der Waals surface area contributed by atoms with Crippen LogP contribution in [0.4, 0.5) is 0 Å². The number of benzene rings is 3. The van der Waals surface area contributed by atoms with Gasteiger partial charge >= 0.3 is 0 Å². The summed E-state index contributed by atoms with van der Waals surface area (Å²) in [6, 6.07) is 24.9. The number of hydrogen-bond acceptors (Lipinski definition) is 1. The van der Waals surface area contributed by atoms with Gasteiger partial charge in [-0.05, 0) is 41.3 Å². The molecule has 0 saturated heterocycles. The largest absolute Gasteiger partial charge is 0.338 e. The zero-order valence-electron chi connectivity index (χ0n) is 15.0. The van der Waals surface area contributed by atoms with Crippen molar-refractivity contribution in [1.82, 2.24) is 9.97 Å². The molecule has 4 aromatic rings. The summed E-state index contributed by atoms with van der Waals surface area (Å²) in [6.07, 6.45) is 5.84. The fraction of sp³-hybridized carbons (Fsp3) is 0.0417. The number of nitrogens with one attached hydrogen (secondary N) is 1. The lowest BCUT2D eigenvalue weighted by Crippen LogP contribution is -1.82. The summed E-state index contributed by atoms with van der Waals surface area (Å²) in [6.45, 7) is 2.03. The maximum Gasteiger partial charge on any atom is 0.130 e. The van der Waals surface area contributed by atoms with Crippen LogP contribution in [-0.4, -0.2) is 9.97 Å².